The molecule has 4 rings (SSSR count). The fourth-order valence-corrected chi connectivity index (χ4v) is 5.51. The van der Waals surface area contributed by atoms with E-state index in [1.54, 1.807) is 43.1 Å². The van der Waals surface area contributed by atoms with Crippen LogP contribution in [0.15, 0.2) is 59.8 Å². The van der Waals surface area contributed by atoms with Crippen LogP contribution in [-0.2, 0) is 10.0 Å². The Hall–Kier alpha value is -2.97. The number of amides is 1. The minimum Gasteiger partial charge on any atom is -0.346 e. The van der Waals surface area contributed by atoms with E-state index in [4.69, 9.17) is 0 Å². The molecule has 0 saturated heterocycles. The zero-order valence-corrected chi connectivity index (χ0v) is 18.5. The van der Waals surface area contributed by atoms with Gasteiger partial charge < -0.3 is 9.88 Å². The van der Waals surface area contributed by atoms with Crippen LogP contribution in [0.1, 0.15) is 36.2 Å². The normalized spacial score (nSPS) is 14.8. The molecule has 0 spiro atoms. The smallest absolute Gasteiger partial charge is 0.254 e. The van der Waals surface area contributed by atoms with Crippen LogP contribution < -0.4 is 0 Å². The Balaban J connectivity index is 1.54. The fourth-order valence-electron chi connectivity index (χ4n) is 4.00. The highest BCUT2D eigenvalue weighted by molar-refractivity contribution is 7.89. The van der Waals surface area contributed by atoms with E-state index in [0.717, 1.165) is 23.0 Å². The number of fused-ring (bicyclic) bond motifs is 1. The molecule has 1 N–H and O–H groups in total. The van der Waals surface area contributed by atoms with Crippen molar-refractivity contribution in [2.45, 2.75) is 25.2 Å². The number of pyridine rings is 1. The second kappa shape index (κ2) is 8.64. The lowest BCUT2D eigenvalue weighted by Crippen LogP contribution is -2.35. The number of carbonyl (C=O) groups is 1. The van der Waals surface area contributed by atoms with Crippen LogP contribution in [-0.4, -0.2) is 59.7 Å². The van der Waals surface area contributed by atoms with Crippen LogP contribution in [0.25, 0.3) is 16.6 Å². The van der Waals surface area contributed by atoms with Gasteiger partial charge in [-0.05, 0) is 42.3 Å². The van der Waals surface area contributed by atoms with Gasteiger partial charge in [0.2, 0.25) is 10.0 Å². The van der Waals surface area contributed by atoms with Crippen LogP contribution in [0.5, 0.6) is 0 Å². The van der Waals surface area contributed by atoms with Crippen molar-refractivity contribution in [2.24, 2.45) is 0 Å². The Morgan fingerprint density at radius 1 is 1.19 bits per heavy atom. The summed E-state index contributed by atoms with van der Waals surface area (Å²) in [6.45, 7) is 5.44. The number of benzene rings is 1. The number of nitrogens with zero attached hydrogens (tertiary/aromatic N) is 3. The zero-order chi connectivity index (χ0) is 22.0. The summed E-state index contributed by atoms with van der Waals surface area (Å²) >= 11 is 0. The number of nitrogens with one attached hydrogen (secondary N) is 1. The number of hydrogen-bond donors (Lipinski definition) is 1. The lowest BCUT2D eigenvalue weighted by atomic mass is 9.99. The van der Waals surface area contributed by atoms with Gasteiger partial charge in [-0.1, -0.05) is 26.0 Å². The maximum absolute atomic E-state index is 13.1. The van der Waals surface area contributed by atoms with Crippen molar-refractivity contribution >= 4 is 32.5 Å². The summed E-state index contributed by atoms with van der Waals surface area (Å²) in [6, 6.07) is 10.3. The number of rotatable bonds is 6. The van der Waals surface area contributed by atoms with E-state index in [0.29, 0.717) is 31.7 Å². The maximum atomic E-state index is 13.1. The predicted octanol–water partition coefficient (Wildman–Crippen LogP) is 3.52. The lowest BCUT2D eigenvalue weighted by Gasteiger charge is -2.27. The van der Waals surface area contributed by atoms with Crippen LogP contribution in [0.4, 0.5) is 0 Å². The molecule has 0 aliphatic carbocycles. The highest BCUT2D eigenvalue weighted by Gasteiger charge is 2.25. The molecule has 0 radical (unpaired) electrons. The predicted molar refractivity (Wildman–Crippen MR) is 121 cm³/mol. The molecule has 8 heteroatoms. The van der Waals surface area contributed by atoms with E-state index in [9.17, 15) is 13.2 Å². The van der Waals surface area contributed by atoms with Crippen molar-refractivity contribution in [3.8, 4) is 0 Å². The minimum absolute atomic E-state index is 0.154. The molecule has 1 aliphatic heterocycles. The SMILES string of the molecule is CCN(CC)S(=O)(=O)c1cccc(C(=O)N2CC=C(c3c[nH]c4ncccc34)CC2)c1. The second-order valence-corrected chi connectivity index (χ2v) is 9.39. The maximum Gasteiger partial charge on any atom is 0.254 e. The van der Waals surface area contributed by atoms with Gasteiger partial charge in [-0.2, -0.15) is 4.31 Å². The van der Waals surface area contributed by atoms with E-state index >= 15 is 0 Å². The van der Waals surface area contributed by atoms with Gasteiger partial charge in [0.25, 0.3) is 5.91 Å². The Kier molecular flexibility index (Phi) is 5.93. The number of hydrogen-bond acceptors (Lipinski definition) is 4. The Bertz CT molecular complexity index is 1240. The van der Waals surface area contributed by atoms with Gasteiger partial charge >= 0.3 is 0 Å². The molecular formula is C23H26N4O3S. The third kappa shape index (κ3) is 4.00. The van der Waals surface area contributed by atoms with Crippen LogP contribution in [0, 0.1) is 0 Å². The number of sulfonamides is 1. The van der Waals surface area contributed by atoms with Crippen molar-refractivity contribution in [2.75, 3.05) is 26.2 Å². The minimum atomic E-state index is -3.61. The molecule has 1 aliphatic rings. The third-order valence-corrected chi connectivity index (χ3v) is 7.76. The molecule has 31 heavy (non-hydrogen) atoms. The quantitative estimate of drug-likeness (QED) is 0.638. The highest BCUT2D eigenvalue weighted by Crippen LogP contribution is 2.29. The number of aromatic nitrogens is 2. The second-order valence-electron chi connectivity index (χ2n) is 7.45. The summed E-state index contributed by atoms with van der Waals surface area (Å²) in [5.74, 6) is -0.160. The van der Waals surface area contributed by atoms with E-state index in [1.807, 2.05) is 18.3 Å². The Labute approximate surface area is 182 Å². The summed E-state index contributed by atoms with van der Waals surface area (Å²) in [6.07, 6.45) is 6.51. The summed E-state index contributed by atoms with van der Waals surface area (Å²) in [4.78, 5) is 22.5. The van der Waals surface area contributed by atoms with Gasteiger partial charge in [-0.15, -0.1) is 0 Å². The molecule has 0 unspecified atom stereocenters. The molecule has 0 fully saturated rings. The van der Waals surface area contributed by atoms with Gasteiger partial charge in [-0.25, -0.2) is 13.4 Å². The van der Waals surface area contributed by atoms with Gasteiger partial charge in [0.05, 0.1) is 4.90 Å². The van der Waals surface area contributed by atoms with Gasteiger partial charge in [-0.3, -0.25) is 4.79 Å². The summed E-state index contributed by atoms with van der Waals surface area (Å²) in [5.41, 5.74) is 3.54. The highest BCUT2D eigenvalue weighted by atomic mass is 32.2. The van der Waals surface area contributed by atoms with Crippen molar-refractivity contribution in [3.63, 3.8) is 0 Å². The zero-order valence-electron chi connectivity index (χ0n) is 17.7. The molecule has 1 aromatic carbocycles. The van der Waals surface area contributed by atoms with Crippen LogP contribution >= 0.6 is 0 Å². The average molecular weight is 439 g/mol. The van der Waals surface area contributed by atoms with Gasteiger partial charge in [0, 0.05) is 55.1 Å². The largest absolute Gasteiger partial charge is 0.346 e. The Morgan fingerprint density at radius 2 is 2.00 bits per heavy atom. The summed E-state index contributed by atoms with van der Waals surface area (Å²) < 4.78 is 27.0. The monoisotopic (exact) mass is 438 g/mol. The fraction of sp³-hybridized carbons (Fsp3) is 0.304. The molecule has 2 aromatic heterocycles. The first-order valence-electron chi connectivity index (χ1n) is 10.5. The van der Waals surface area contributed by atoms with Crippen molar-refractivity contribution < 1.29 is 13.2 Å². The van der Waals surface area contributed by atoms with Gasteiger partial charge in [0.1, 0.15) is 5.65 Å². The standard InChI is InChI=1S/C23H26N4O3S/c1-3-27(4-2)31(29,30)19-8-5-7-18(15-19)23(28)26-13-10-17(11-14-26)21-16-25-22-20(21)9-6-12-24-22/h5-10,12,15-16H,3-4,11,13-14H2,1-2H3,(H,24,25). The molecule has 3 heterocycles. The molecule has 0 atom stereocenters. The molecule has 162 valence electrons. The molecular weight excluding hydrogens is 412 g/mol. The van der Waals surface area contributed by atoms with Crippen molar-refractivity contribution in [3.05, 3.63) is 66.0 Å². The first kappa shape index (κ1) is 21.3. The molecule has 0 saturated carbocycles. The van der Waals surface area contributed by atoms with Crippen molar-refractivity contribution in [1.82, 2.24) is 19.2 Å². The topological polar surface area (TPSA) is 86.4 Å². The molecule has 7 nitrogen and oxygen atoms in total. The molecule has 3 aromatic rings. The number of carbonyl (C=O) groups excluding carboxylic acids is 1. The number of aromatic amines is 1. The van der Waals surface area contributed by atoms with E-state index < -0.39 is 10.0 Å². The van der Waals surface area contributed by atoms with Gasteiger partial charge in [0.15, 0.2) is 0 Å². The van der Waals surface area contributed by atoms with Crippen LogP contribution in [0.3, 0.4) is 0 Å². The molecule has 0 bridgehead atoms. The van der Waals surface area contributed by atoms with Crippen LogP contribution in [0.2, 0.25) is 0 Å². The Morgan fingerprint density at radius 3 is 2.71 bits per heavy atom. The summed E-state index contributed by atoms with van der Waals surface area (Å²) in [5, 5.41) is 1.07. The third-order valence-electron chi connectivity index (χ3n) is 5.72. The lowest BCUT2D eigenvalue weighted by molar-refractivity contribution is 0.0772. The van der Waals surface area contributed by atoms with Crippen molar-refractivity contribution in [1.29, 1.82) is 0 Å². The van der Waals surface area contributed by atoms with E-state index in [1.165, 1.54) is 15.9 Å². The molecule has 1 amide bonds. The average Bonchev–Trinajstić information content (AvgIpc) is 3.24. The summed E-state index contributed by atoms with van der Waals surface area (Å²) in [7, 11) is -3.61. The first-order valence-corrected chi connectivity index (χ1v) is 11.9. The van der Waals surface area contributed by atoms with E-state index in [-0.39, 0.29) is 10.8 Å². The first-order chi connectivity index (χ1) is 15.0. The van der Waals surface area contributed by atoms with E-state index in [2.05, 4.69) is 16.0 Å². The number of H-pyrrole nitrogens is 1.